The van der Waals surface area contributed by atoms with Gasteiger partial charge in [0.2, 0.25) is 0 Å². The van der Waals surface area contributed by atoms with Gasteiger partial charge >= 0.3 is 0 Å². The smallest absolute Gasteiger partial charge is 0.181 e. The standard InChI is InChI=1S/C16H12BrFN2O.BrH/c1-9-6-11(7-12(8-19)15(9)18)16(21)14(17)13-4-3-5-20-10(13)2;/h3-7,14H,1-2H3;1H/t14-;/m0./s1. The van der Waals surface area contributed by atoms with Crippen LogP contribution in [0.2, 0.25) is 0 Å². The van der Waals surface area contributed by atoms with E-state index in [-0.39, 0.29) is 33.9 Å². The van der Waals surface area contributed by atoms with Crippen LogP contribution in [-0.2, 0) is 0 Å². The summed E-state index contributed by atoms with van der Waals surface area (Å²) in [6, 6.07) is 8.06. The van der Waals surface area contributed by atoms with Gasteiger partial charge in [-0.05, 0) is 43.2 Å². The van der Waals surface area contributed by atoms with E-state index in [4.69, 9.17) is 5.26 Å². The lowest BCUT2D eigenvalue weighted by Gasteiger charge is -2.12. The topological polar surface area (TPSA) is 53.8 Å². The largest absolute Gasteiger partial charge is 0.293 e. The lowest BCUT2D eigenvalue weighted by atomic mass is 9.98. The molecule has 0 unspecified atom stereocenters. The second-order valence-electron chi connectivity index (χ2n) is 4.67. The Balaban J connectivity index is 0.00000242. The molecule has 0 aliphatic rings. The molecule has 0 bridgehead atoms. The predicted octanol–water partition coefficient (Wildman–Crippen LogP) is 4.61. The molecule has 0 fully saturated rings. The molecule has 1 aromatic carbocycles. The van der Waals surface area contributed by atoms with Gasteiger partial charge in [-0.2, -0.15) is 5.26 Å². The van der Waals surface area contributed by atoms with Crippen molar-refractivity contribution in [2.45, 2.75) is 18.7 Å². The molecule has 1 atom stereocenters. The molecule has 114 valence electrons. The van der Waals surface area contributed by atoms with Gasteiger partial charge in [0.1, 0.15) is 16.7 Å². The molecule has 0 saturated heterocycles. The minimum Gasteiger partial charge on any atom is -0.293 e. The number of Topliss-reactive ketones (excluding diaryl/α,β-unsaturated/α-hetero) is 1. The average Bonchev–Trinajstić information content (AvgIpc) is 2.49. The second kappa shape index (κ2) is 7.61. The van der Waals surface area contributed by atoms with Gasteiger partial charge < -0.3 is 0 Å². The van der Waals surface area contributed by atoms with Crippen LogP contribution in [0.15, 0.2) is 30.5 Å². The van der Waals surface area contributed by atoms with Crippen LogP contribution in [-0.4, -0.2) is 10.8 Å². The van der Waals surface area contributed by atoms with E-state index in [1.165, 1.54) is 19.1 Å². The zero-order valence-electron chi connectivity index (χ0n) is 11.9. The Hall–Kier alpha value is -1.58. The number of carbonyl (C=O) groups is 1. The third kappa shape index (κ3) is 3.60. The fourth-order valence-corrected chi connectivity index (χ4v) is 2.79. The highest BCUT2D eigenvalue weighted by molar-refractivity contribution is 9.09. The number of nitrogens with zero attached hydrogens (tertiary/aromatic N) is 2. The number of benzene rings is 1. The second-order valence-corrected chi connectivity index (χ2v) is 5.59. The summed E-state index contributed by atoms with van der Waals surface area (Å²) in [5.74, 6) is -0.816. The van der Waals surface area contributed by atoms with E-state index < -0.39 is 10.6 Å². The number of hydrogen-bond acceptors (Lipinski definition) is 3. The van der Waals surface area contributed by atoms with Crippen molar-refractivity contribution in [3.8, 4) is 6.07 Å². The highest BCUT2D eigenvalue weighted by atomic mass is 79.9. The molecule has 0 N–H and O–H groups in total. The third-order valence-corrected chi connectivity index (χ3v) is 4.12. The number of aryl methyl sites for hydroxylation is 2. The summed E-state index contributed by atoms with van der Waals surface area (Å²) in [6.07, 6.45) is 1.65. The van der Waals surface area contributed by atoms with Crippen LogP contribution in [0.4, 0.5) is 4.39 Å². The number of nitriles is 1. The summed E-state index contributed by atoms with van der Waals surface area (Å²) in [5, 5.41) is 8.93. The number of aromatic nitrogens is 1. The van der Waals surface area contributed by atoms with Crippen molar-refractivity contribution in [3.05, 3.63) is 64.2 Å². The van der Waals surface area contributed by atoms with Crippen molar-refractivity contribution in [1.82, 2.24) is 4.98 Å². The van der Waals surface area contributed by atoms with Crippen LogP contribution in [0.3, 0.4) is 0 Å². The van der Waals surface area contributed by atoms with Gasteiger partial charge in [0, 0.05) is 17.5 Å². The first-order chi connectivity index (χ1) is 9.95. The molecule has 0 aliphatic heterocycles. The van der Waals surface area contributed by atoms with Crippen molar-refractivity contribution in [2.75, 3.05) is 0 Å². The Morgan fingerprint density at radius 3 is 2.68 bits per heavy atom. The summed E-state index contributed by atoms with van der Waals surface area (Å²) >= 11 is 3.36. The zero-order chi connectivity index (χ0) is 15.6. The zero-order valence-corrected chi connectivity index (χ0v) is 15.2. The highest BCUT2D eigenvalue weighted by Gasteiger charge is 2.22. The van der Waals surface area contributed by atoms with Crippen molar-refractivity contribution in [3.63, 3.8) is 0 Å². The minimum atomic E-state index is -0.585. The van der Waals surface area contributed by atoms with Gasteiger partial charge in [-0.3, -0.25) is 9.78 Å². The molecular formula is C16H13Br2FN2O. The van der Waals surface area contributed by atoms with Crippen molar-refractivity contribution in [2.24, 2.45) is 0 Å². The van der Waals surface area contributed by atoms with E-state index in [2.05, 4.69) is 20.9 Å². The van der Waals surface area contributed by atoms with Crippen LogP contribution >= 0.6 is 32.9 Å². The van der Waals surface area contributed by atoms with Crippen LogP contribution in [0, 0.1) is 31.0 Å². The molecule has 0 aliphatic carbocycles. The van der Waals surface area contributed by atoms with Crippen molar-refractivity contribution >= 4 is 38.7 Å². The molecule has 22 heavy (non-hydrogen) atoms. The molecule has 6 heteroatoms. The van der Waals surface area contributed by atoms with Crippen molar-refractivity contribution in [1.29, 1.82) is 5.26 Å². The Labute approximate surface area is 147 Å². The van der Waals surface area contributed by atoms with Crippen LogP contribution in [0.25, 0.3) is 0 Å². The summed E-state index contributed by atoms with van der Waals surface area (Å²) < 4.78 is 13.7. The fraction of sp³-hybridized carbons (Fsp3) is 0.188. The number of ketones is 1. The van der Waals surface area contributed by atoms with Gasteiger partial charge in [-0.15, -0.1) is 17.0 Å². The van der Waals surface area contributed by atoms with E-state index >= 15 is 0 Å². The minimum absolute atomic E-state index is 0. The predicted molar refractivity (Wildman–Crippen MR) is 91.1 cm³/mol. The van der Waals surface area contributed by atoms with Gasteiger partial charge in [0.25, 0.3) is 0 Å². The molecule has 3 nitrogen and oxygen atoms in total. The van der Waals surface area contributed by atoms with E-state index in [9.17, 15) is 9.18 Å². The quantitative estimate of drug-likeness (QED) is 0.531. The summed E-state index contributed by atoms with van der Waals surface area (Å²) in [4.78, 5) is 16.1. The first-order valence-electron chi connectivity index (χ1n) is 6.25. The van der Waals surface area contributed by atoms with E-state index in [1.807, 2.05) is 6.92 Å². The molecular weight excluding hydrogens is 415 g/mol. The Morgan fingerprint density at radius 1 is 1.41 bits per heavy atom. The summed E-state index contributed by atoms with van der Waals surface area (Å²) in [5.41, 5.74) is 1.95. The Bertz CT molecular complexity index is 756. The molecule has 2 rings (SSSR count). The number of halogens is 3. The molecule has 0 amide bonds. The molecule has 0 saturated carbocycles. The number of pyridine rings is 1. The number of carbonyl (C=O) groups excluding carboxylic acids is 1. The fourth-order valence-electron chi connectivity index (χ4n) is 2.05. The first kappa shape index (κ1) is 18.5. The van der Waals surface area contributed by atoms with E-state index in [1.54, 1.807) is 24.4 Å². The maximum Gasteiger partial charge on any atom is 0.181 e. The normalized spacial score (nSPS) is 11.2. The van der Waals surface area contributed by atoms with Gasteiger partial charge in [0.15, 0.2) is 5.78 Å². The first-order valence-corrected chi connectivity index (χ1v) is 7.17. The molecule has 1 heterocycles. The average molecular weight is 428 g/mol. The van der Waals surface area contributed by atoms with Crippen LogP contribution < -0.4 is 0 Å². The van der Waals surface area contributed by atoms with E-state index in [0.717, 1.165) is 11.3 Å². The number of hydrogen-bond donors (Lipinski definition) is 0. The lowest BCUT2D eigenvalue weighted by molar-refractivity contribution is 0.0991. The molecule has 0 radical (unpaired) electrons. The van der Waals surface area contributed by atoms with Gasteiger partial charge in [-0.1, -0.05) is 22.0 Å². The SMILES string of the molecule is Br.Cc1cc(C(=O)[C@@H](Br)c2cccnc2C)cc(C#N)c1F. The highest BCUT2D eigenvalue weighted by Crippen LogP contribution is 2.29. The van der Waals surface area contributed by atoms with Crippen LogP contribution in [0.5, 0.6) is 0 Å². The van der Waals surface area contributed by atoms with Gasteiger partial charge in [0.05, 0.1) is 5.56 Å². The number of rotatable bonds is 3. The van der Waals surface area contributed by atoms with E-state index in [0.29, 0.717) is 5.56 Å². The monoisotopic (exact) mass is 426 g/mol. The maximum absolute atomic E-state index is 13.7. The third-order valence-electron chi connectivity index (χ3n) is 3.21. The molecule has 1 aromatic heterocycles. The van der Waals surface area contributed by atoms with Gasteiger partial charge in [-0.25, -0.2) is 4.39 Å². The molecule has 0 spiro atoms. The summed E-state index contributed by atoms with van der Waals surface area (Å²) in [6.45, 7) is 3.35. The number of alkyl halides is 1. The summed E-state index contributed by atoms with van der Waals surface area (Å²) in [7, 11) is 0. The van der Waals surface area contributed by atoms with Crippen molar-refractivity contribution < 1.29 is 9.18 Å². The van der Waals surface area contributed by atoms with Crippen LogP contribution in [0.1, 0.15) is 37.6 Å². The lowest BCUT2D eigenvalue weighted by Crippen LogP contribution is -2.10. The maximum atomic E-state index is 13.7. The Kier molecular flexibility index (Phi) is 6.39. The Morgan fingerprint density at radius 2 is 2.09 bits per heavy atom. The molecule has 2 aromatic rings.